The highest BCUT2D eigenvalue weighted by Gasteiger charge is 2.20. The molecule has 1 unspecified atom stereocenters. The Morgan fingerprint density at radius 2 is 1.60 bits per heavy atom. The maximum absolute atomic E-state index is 3.61. The van der Waals surface area contributed by atoms with E-state index in [1.807, 2.05) is 7.05 Å². The Morgan fingerprint density at radius 1 is 0.880 bits per heavy atom. The molecule has 0 spiro atoms. The zero-order valence-corrected chi connectivity index (χ0v) is 15.5. The fraction of sp³-hybridized carbons (Fsp3) is 0.0909. The SMILES string of the molecule is CNc1ccc(C(c2ccccc2)c2c[nH]c3ccc(Br)cc23)cc1. The second kappa shape index (κ2) is 6.77. The molecule has 3 heteroatoms. The van der Waals surface area contributed by atoms with Crippen LogP contribution in [-0.2, 0) is 0 Å². The molecule has 3 aromatic carbocycles. The maximum atomic E-state index is 3.61. The third-order valence-corrected chi connectivity index (χ3v) is 5.15. The van der Waals surface area contributed by atoms with Crippen LogP contribution >= 0.6 is 15.9 Å². The lowest BCUT2D eigenvalue weighted by Gasteiger charge is -2.18. The summed E-state index contributed by atoms with van der Waals surface area (Å²) in [7, 11) is 1.95. The van der Waals surface area contributed by atoms with E-state index in [0.717, 1.165) is 15.7 Å². The second-order valence-electron chi connectivity index (χ2n) is 6.15. The lowest BCUT2D eigenvalue weighted by Crippen LogP contribution is -2.03. The van der Waals surface area contributed by atoms with Gasteiger partial charge in [-0.15, -0.1) is 0 Å². The first-order valence-electron chi connectivity index (χ1n) is 8.35. The van der Waals surface area contributed by atoms with Gasteiger partial charge in [0.15, 0.2) is 0 Å². The summed E-state index contributed by atoms with van der Waals surface area (Å²) in [5.74, 6) is 0.190. The molecule has 0 saturated carbocycles. The Bertz CT molecular complexity index is 988. The topological polar surface area (TPSA) is 27.8 Å². The molecule has 0 aliphatic carbocycles. The van der Waals surface area contributed by atoms with Crippen LogP contribution in [0.4, 0.5) is 5.69 Å². The fourth-order valence-electron chi connectivity index (χ4n) is 3.39. The van der Waals surface area contributed by atoms with Crippen LogP contribution in [0, 0.1) is 0 Å². The molecule has 0 radical (unpaired) electrons. The number of aromatic amines is 1. The molecule has 0 saturated heterocycles. The summed E-state index contributed by atoms with van der Waals surface area (Å²) >= 11 is 3.61. The standard InChI is InChI=1S/C22H19BrN2/c1-24-18-10-7-16(8-11-18)22(15-5-3-2-4-6-15)20-14-25-21-12-9-17(23)13-19(20)21/h2-14,22,24-25H,1H3. The molecule has 0 amide bonds. The largest absolute Gasteiger partial charge is 0.388 e. The van der Waals surface area contributed by atoms with Crippen LogP contribution in [0.2, 0.25) is 0 Å². The summed E-state index contributed by atoms with van der Waals surface area (Å²) in [6.07, 6.45) is 2.14. The molecule has 0 bridgehead atoms. The van der Waals surface area contributed by atoms with Crippen molar-refractivity contribution >= 4 is 32.5 Å². The minimum Gasteiger partial charge on any atom is -0.388 e. The number of rotatable bonds is 4. The van der Waals surface area contributed by atoms with E-state index in [0.29, 0.717) is 0 Å². The van der Waals surface area contributed by atoms with Gasteiger partial charge in [-0.3, -0.25) is 0 Å². The van der Waals surface area contributed by atoms with Gasteiger partial charge in [0.25, 0.3) is 0 Å². The van der Waals surface area contributed by atoms with Crippen molar-refractivity contribution in [2.45, 2.75) is 5.92 Å². The van der Waals surface area contributed by atoms with Gasteiger partial charge >= 0.3 is 0 Å². The quantitative estimate of drug-likeness (QED) is 0.429. The van der Waals surface area contributed by atoms with Crippen LogP contribution in [0.3, 0.4) is 0 Å². The summed E-state index contributed by atoms with van der Waals surface area (Å²) in [6, 6.07) is 25.8. The van der Waals surface area contributed by atoms with Crippen molar-refractivity contribution in [3.8, 4) is 0 Å². The van der Waals surface area contributed by atoms with Gasteiger partial charge < -0.3 is 10.3 Å². The van der Waals surface area contributed by atoms with Crippen LogP contribution in [0.1, 0.15) is 22.6 Å². The van der Waals surface area contributed by atoms with Gasteiger partial charge in [0.05, 0.1) is 0 Å². The summed E-state index contributed by atoms with van der Waals surface area (Å²) in [5, 5.41) is 4.44. The Hall–Kier alpha value is -2.52. The van der Waals surface area contributed by atoms with E-state index in [-0.39, 0.29) is 5.92 Å². The first-order valence-corrected chi connectivity index (χ1v) is 9.15. The summed E-state index contributed by atoms with van der Waals surface area (Å²) in [4.78, 5) is 3.42. The normalized spacial score (nSPS) is 12.2. The van der Waals surface area contributed by atoms with Crippen LogP contribution in [0.5, 0.6) is 0 Å². The van der Waals surface area contributed by atoms with Gasteiger partial charge in [-0.05, 0) is 47.0 Å². The van der Waals surface area contributed by atoms with Gasteiger partial charge in [0, 0.05) is 40.2 Å². The molecule has 0 fully saturated rings. The molecular formula is C22H19BrN2. The van der Waals surface area contributed by atoms with Crippen molar-refractivity contribution in [3.63, 3.8) is 0 Å². The van der Waals surface area contributed by atoms with Gasteiger partial charge in [-0.2, -0.15) is 0 Å². The minimum atomic E-state index is 0.190. The lowest BCUT2D eigenvalue weighted by molar-refractivity contribution is 0.988. The molecule has 4 rings (SSSR count). The predicted octanol–water partition coefficient (Wildman–Crippen LogP) is 6.15. The van der Waals surface area contributed by atoms with Crippen molar-refractivity contribution < 1.29 is 0 Å². The van der Waals surface area contributed by atoms with E-state index in [1.165, 1.54) is 22.1 Å². The third kappa shape index (κ3) is 3.08. The number of nitrogens with one attached hydrogen (secondary N) is 2. The van der Waals surface area contributed by atoms with Crippen LogP contribution in [-0.4, -0.2) is 12.0 Å². The van der Waals surface area contributed by atoms with Crippen molar-refractivity contribution in [2.75, 3.05) is 12.4 Å². The molecule has 4 aromatic rings. The van der Waals surface area contributed by atoms with Gasteiger partial charge in [0.2, 0.25) is 0 Å². The number of halogens is 1. The first-order chi connectivity index (χ1) is 12.3. The average molecular weight is 391 g/mol. The van der Waals surface area contributed by atoms with Crippen molar-refractivity contribution in [1.29, 1.82) is 0 Å². The van der Waals surface area contributed by atoms with E-state index < -0.39 is 0 Å². The fourth-order valence-corrected chi connectivity index (χ4v) is 3.75. The number of H-pyrrole nitrogens is 1. The van der Waals surface area contributed by atoms with E-state index in [1.54, 1.807) is 0 Å². The zero-order valence-electron chi connectivity index (χ0n) is 14.0. The minimum absolute atomic E-state index is 0.190. The van der Waals surface area contributed by atoms with E-state index in [2.05, 4.69) is 105 Å². The zero-order chi connectivity index (χ0) is 17.2. The number of benzene rings is 3. The number of anilines is 1. The molecular weight excluding hydrogens is 372 g/mol. The summed E-state index contributed by atoms with van der Waals surface area (Å²) in [6.45, 7) is 0. The van der Waals surface area contributed by atoms with E-state index >= 15 is 0 Å². The molecule has 25 heavy (non-hydrogen) atoms. The van der Waals surface area contributed by atoms with Crippen LogP contribution in [0.15, 0.2) is 83.5 Å². The number of aromatic nitrogens is 1. The Balaban J connectivity index is 1.91. The molecule has 0 aliphatic heterocycles. The molecule has 1 aromatic heterocycles. The molecule has 1 atom stereocenters. The Morgan fingerprint density at radius 3 is 2.32 bits per heavy atom. The number of fused-ring (bicyclic) bond motifs is 1. The van der Waals surface area contributed by atoms with Crippen LogP contribution in [0.25, 0.3) is 10.9 Å². The highest BCUT2D eigenvalue weighted by atomic mass is 79.9. The van der Waals surface area contributed by atoms with Crippen molar-refractivity contribution in [1.82, 2.24) is 4.98 Å². The maximum Gasteiger partial charge on any atom is 0.0457 e. The van der Waals surface area contributed by atoms with Crippen molar-refractivity contribution in [2.24, 2.45) is 0 Å². The van der Waals surface area contributed by atoms with Gasteiger partial charge in [-0.1, -0.05) is 58.4 Å². The Labute approximate surface area is 156 Å². The lowest BCUT2D eigenvalue weighted by atomic mass is 9.85. The molecule has 2 nitrogen and oxygen atoms in total. The molecule has 2 N–H and O–H groups in total. The smallest absolute Gasteiger partial charge is 0.0457 e. The van der Waals surface area contributed by atoms with Crippen molar-refractivity contribution in [3.05, 3.63) is 100 Å². The summed E-state index contributed by atoms with van der Waals surface area (Å²) in [5.41, 5.74) is 6.15. The van der Waals surface area contributed by atoms with Gasteiger partial charge in [-0.25, -0.2) is 0 Å². The first kappa shape index (κ1) is 16.0. The number of hydrogen-bond donors (Lipinski definition) is 2. The monoisotopic (exact) mass is 390 g/mol. The predicted molar refractivity (Wildman–Crippen MR) is 109 cm³/mol. The highest BCUT2D eigenvalue weighted by molar-refractivity contribution is 9.10. The van der Waals surface area contributed by atoms with Gasteiger partial charge in [0.1, 0.15) is 0 Å². The number of hydrogen-bond acceptors (Lipinski definition) is 1. The molecule has 1 heterocycles. The molecule has 124 valence electrons. The third-order valence-electron chi connectivity index (χ3n) is 4.65. The van der Waals surface area contributed by atoms with E-state index in [9.17, 15) is 0 Å². The summed E-state index contributed by atoms with van der Waals surface area (Å²) < 4.78 is 1.10. The second-order valence-corrected chi connectivity index (χ2v) is 7.07. The van der Waals surface area contributed by atoms with E-state index in [4.69, 9.17) is 0 Å². The highest BCUT2D eigenvalue weighted by Crippen LogP contribution is 2.37. The van der Waals surface area contributed by atoms with Crippen LogP contribution < -0.4 is 5.32 Å². The Kier molecular flexibility index (Phi) is 4.33. The average Bonchev–Trinajstić information content (AvgIpc) is 3.06. The molecule has 0 aliphatic rings.